The number of hydrogen-bond acceptors (Lipinski definition) is 3. The number of nitrogens with zero attached hydrogens (tertiary/aromatic N) is 1. The summed E-state index contributed by atoms with van der Waals surface area (Å²) in [5, 5.41) is 11.4. The molecule has 1 aromatic rings. The fourth-order valence-corrected chi connectivity index (χ4v) is 1.26. The molecular weight excluding hydrogens is 206 g/mol. The van der Waals surface area contributed by atoms with Gasteiger partial charge in [0, 0.05) is 5.56 Å². The average molecular weight is 221 g/mol. The number of oxime groups is 1. The Morgan fingerprint density at radius 3 is 2.12 bits per heavy atom. The Morgan fingerprint density at radius 1 is 1.25 bits per heavy atom. The average Bonchev–Trinajstić information content (AvgIpc) is 2.28. The lowest BCUT2D eigenvalue weighted by atomic mass is 9.83. The van der Waals surface area contributed by atoms with E-state index in [0.29, 0.717) is 5.56 Å². The van der Waals surface area contributed by atoms with Crippen LogP contribution >= 0.6 is 0 Å². The van der Waals surface area contributed by atoms with E-state index in [1.54, 1.807) is 38.1 Å². The van der Waals surface area contributed by atoms with Crippen molar-refractivity contribution in [1.82, 2.24) is 0 Å². The van der Waals surface area contributed by atoms with Gasteiger partial charge in [-0.3, -0.25) is 4.79 Å². The van der Waals surface area contributed by atoms with Crippen LogP contribution in [0.3, 0.4) is 0 Å². The van der Waals surface area contributed by atoms with Gasteiger partial charge in [-0.25, -0.2) is 0 Å². The maximum Gasteiger partial charge on any atom is 0.227 e. The number of primary amides is 1. The monoisotopic (exact) mass is 221 g/mol. The summed E-state index contributed by atoms with van der Waals surface area (Å²) in [5.74, 6) is -0.368. The Labute approximate surface area is 93.7 Å². The molecule has 0 radical (unpaired) electrons. The van der Waals surface area contributed by atoms with E-state index in [9.17, 15) is 4.79 Å². The smallest absolute Gasteiger partial charge is 0.227 e. The third-order valence-electron chi connectivity index (χ3n) is 2.63. The van der Waals surface area contributed by atoms with Crippen molar-refractivity contribution >= 4 is 11.7 Å². The zero-order valence-corrected chi connectivity index (χ0v) is 9.27. The molecule has 86 valence electrons. The molecule has 0 bridgehead atoms. The molecule has 1 rings (SSSR count). The van der Waals surface area contributed by atoms with E-state index in [1.165, 1.54) is 0 Å². The number of benzene rings is 1. The quantitative estimate of drug-likeness (QED) is 0.300. The predicted molar refractivity (Wildman–Crippen MR) is 61.2 cm³/mol. The molecule has 1 aromatic carbocycles. The highest BCUT2D eigenvalue weighted by atomic mass is 16.4. The Morgan fingerprint density at radius 2 is 1.75 bits per heavy atom. The minimum Gasteiger partial charge on any atom is -0.409 e. The molecule has 5 N–H and O–H groups in total. The van der Waals surface area contributed by atoms with Gasteiger partial charge >= 0.3 is 0 Å². The van der Waals surface area contributed by atoms with Crippen molar-refractivity contribution in [3.63, 3.8) is 0 Å². The van der Waals surface area contributed by atoms with Crippen LogP contribution < -0.4 is 11.5 Å². The van der Waals surface area contributed by atoms with Crippen molar-refractivity contribution in [3.05, 3.63) is 35.4 Å². The summed E-state index contributed by atoms with van der Waals surface area (Å²) < 4.78 is 0. The number of carbonyl (C=O) groups excluding carboxylic acids is 1. The number of carbonyl (C=O) groups is 1. The fraction of sp³-hybridized carbons (Fsp3) is 0.273. The van der Waals surface area contributed by atoms with Crippen molar-refractivity contribution in [2.45, 2.75) is 19.3 Å². The van der Waals surface area contributed by atoms with E-state index in [4.69, 9.17) is 16.7 Å². The standard InChI is InChI=1S/C11H15N3O2/c1-11(2,10(13)15)8-5-3-7(4-6-8)9(12)14-16/h3-6,16H,1-2H3,(H2,12,14)(H2,13,15). The van der Waals surface area contributed by atoms with Gasteiger partial charge in [-0.2, -0.15) is 0 Å². The molecule has 0 aliphatic carbocycles. The second-order valence-electron chi connectivity index (χ2n) is 4.05. The van der Waals surface area contributed by atoms with Gasteiger partial charge in [0.25, 0.3) is 0 Å². The highest BCUT2D eigenvalue weighted by Gasteiger charge is 2.26. The summed E-state index contributed by atoms with van der Waals surface area (Å²) in [6.45, 7) is 3.49. The van der Waals surface area contributed by atoms with Crippen LogP contribution in [0.1, 0.15) is 25.0 Å². The van der Waals surface area contributed by atoms with Crippen LogP contribution in [0.5, 0.6) is 0 Å². The molecule has 0 aromatic heterocycles. The molecule has 16 heavy (non-hydrogen) atoms. The number of nitrogens with two attached hydrogens (primary N) is 2. The summed E-state index contributed by atoms with van der Waals surface area (Å²) >= 11 is 0. The van der Waals surface area contributed by atoms with Gasteiger partial charge in [0.15, 0.2) is 5.84 Å². The Kier molecular flexibility index (Phi) is 3.17. The third kappa shape index (κ3) is 2.13. The SMILES string of the molecule is CC(C)(C(N)=O)c1ccc(C(N)=NO)cc1. The van der Waals surface area contributed by atoms with E-state index in [1.807, 2.05) is 0 Å². The minimum atomic E-state index is -0.732. The molecule has 0 saturated carbocycles. The number of amides is 1. The van der Waals surface area contributed by atoms with Gasteiger partial charge in [-0.05, 0) is 19.4 Å². The first-order valence-electron chi connectivity index (χ1n) is 4.78. The second kappa shape index (κ2) is 4.22. The minimum absolute atomic E-state index is 0.0310. The molecule has 5 nitrogen and oxygen atoms in total. The van der Waals surface area contributed by atoms with Gasteiger partial charge in [-0.1, -0.05) is 29.4 Å². The molecule has 0 unspecified atom stereocenters. The molecule has 0 spiro atoms. The van der Waals surface area contributed by atoms with Crippen LogP contribution in [0, 0.1) is 0 Å². The highest BCUT2D eigenvalue weighted by molar-refractivity contribution is 5.97. The summed E-state index contributed by atoms with van der Waals surface area (Å²) in [6, 6.07) is 6.82. The Hall–Kier alpha value is -2.04. The lowest BCUT2D eigenvalue weighted by molar-refractivity contribution is -0.122. The molecular formula is C11H15N3O2. The lowest BCUT2D eigenvalue weighted by Crippen LogP contribution is -2.35. The van der Waals surface area contributed by atoms with Crippen LogP contribution in [0.2, 0.25) is 0 Å². The van der Waals surface area contributed by atoms with E-state index in [-0.39, 0.29) is 5.84 Å². The zero-order chi connectivity index (χ0) is 12.3. The maximum absolute atomic E-state index is 11.2. The first-order valence-corrected chi connectivity index (χ1v) is 4.78. The first-order chi connectivity index (χ1) is 7.39. The van der Waals surface area contributed by atoms with E-state index in [2.05, 4.69) is 5.16 Å². The molecule has 0 atom stereocenters. The molecule has 5 heteroatoms. The Balaban J connectivity index is 3.09. The lowest BCUT2D eigenvalue weighted by Gasteiger charge is -2.21. The maximum atomic E-state index is 11.2. The van der Waals surface area contributed by atoms with E-state index in [0.717, 1.165) is 5.56 Å². The zero-order valence-electron chi connectivity index (χ0n) is 9.27. The van der Waals surface area contributed by atoms with Gasteiger partial charge < -0.3 is 16.7 Å². The molecule has 0 heterocycles. The van der Waals surface area contributed by atoms with E-state index < -0.39 is 11.3 Å². The predicted octanol–water partition coefficient (Wildman–Crippen LogP) is 0.544. The molecule has 0 saturated heterocycles. The van der Waals surface area contributed by atoms with Crippen molar-refractivity contribution < 1.29 is 10.0 Å². The van der Waals surface area contributed by atoms with Gasteiger partial charge in [-0.15, -0.1) is 0 Å². The summed E-state index contributed by atoms with van der Waals surface area (Å²) in [7, 11) is 0. The molecule has 0 aliphatic rings. The highest BCUT2D eigenvalue weighted by Crippen LogP contribution is 2.22. The fourth-order valence-electron chi connectivity index (χ4n) is 1.26. The largest absolute Gasteiger partial charge is 0.409 e. The second-order valence-corrected chi connectivity index (χ2v) is 4.05. The van der Waals surface area contributed by atoms with Crippen LogP contribution in [0.15, 0.2) is 29.4 Å². The molecule has 1 amide bonds. The summed E-state index contributed by atoms with van der Waals surface area (Å²) in [6.07, 6.45) is 0. The molecule has 0 aliphatic heterocycles. The van der Waals surface area contributed by atoms with Crippen LogP contribution in [0.4, 0.5) is 0 Å². The van der Waals surface area contributed by atoms with Crippen molar-refractivity contribution in [3.8, 4) is 0 Å². The summed E-state index contributed by atoms with van der Waals surface area (Å²) in [5.41, 5.74) is 11.4. The summed E-state index contributed by atoms with van der Waals surface area (Å²) in [4.78, 5) is 11.2. The van der Waals surface area contributed by atoms with Gasteiger partial charge in [0.05, 0.1) is 5.41 Å². The Bertz CT molecular complexity index is 421. The van der Waals surface area contributed by atoms with E-state index >= 15 is 0 Å². The van der Waals surface area contributed by atoms with Crippen LogP contribution in [-0.2, 0) is 10.2 Å². The van der Waals surface area contributed by atoms with Gasteiger partial charge in [0.2, 0.25) is 5.91 Å². The topological polar surface area (TPSA) is 102 Å². The van der Waals surface area contributed by atoms with Crippen LogP contribution in [-0.4, -0.2) is 17.0 Å². The molecule has 0 fully saturated rings. The van der Waals surface area contributed by atoms with Crippen molar-refractivity contribution in [2.24, 2.45) is 16.6 Å². The first kappa shape index (κ1) is 12.0. The third-order valence-corrected chi connectivity index (χ3v) is 2.63. The number of amidine groups is 1. The number of rotatable bonds is 3. The van der Waals surface area contributed by atoms with Gasteiger partial charge in [0.1, 0.15) is 0 Å². The van der Waals surface area contributed by atoms with Crippen molar-refractivity contribution in [1.29, 1.82) is 0 Å². The number of hydrogen-bond donors (Lipinski definition) is 3. The van der Waals surface area contributed by atoms with Crippen molar-refractivity contribution in [2.75, 3.05) is 0 Å². The van der Waals surface area contributed by atoms with Crippen LogP contribution in [0.25, 0.3) is 0 Å². The normalized spacial score (nSPS) is 12.5.